The quantitative estimate of drug-likeness (QED) is 0.778. The summed E-state index contributed by atoms with van der Waals surface area (Å²) in [6.45, 7) is 5.52. The molecule has 26 heavy (non-hydrogen) atoms. The lowest BCUT2D eigenvalue weighted by Gasteiger charge is -2.35. The molecule has 3 aromatic rings. The van der Waals surface area contributed by atoms with E-state index in [1.54, 1.807) is 6.20 Å². The molecule has 0 radical (unpaired) electrons. The standard InChI is InChI=1S/C19H21N7/c1-15-5-7-16(8-6-15)22-17-14-21-24-19(23-17)26-12-10-25(11-13-26)18-4-2-3-9-20-18/h2-9,14H,10-13H2,1H3,(H,22,23,24). The third-order valence-electron chi connectivity index (χ3n) is 4.41. The molecule has 0 amide bonds. The van der Waals surface area contributed by atoms with E-state index in [-0.39, 0.29) is 0 Å². The number of rotatable bonds is 4. The number of hydrogen-bond donors (Lipinski definition) is 1. The van der Waals surface area contributed by atoms with Crippen LogP contribution in [0.2, 0.25) is 0 Å². The lowest BCUT2D eigenvalue weighted by Crippen LogP contribution is -2.47. The summed E-state index contributed by atoms with van der Waals surface area (Å²) in [6, 6.07) is 14.2. The van der Waals surface area contributed by atoms with Gasteiger partial charge in [0.25, 0.3) is 0 Å². The Labute approximate surface area is 152 Å². The Balaban J connectivity index is 1.42. The van der Waals surface area contributed by atoms with Gasteiger partial charge in [-0.15, -0.1) is 5.10 Å². The molecular formula is C19H21N7. The van der Waals surface area contributed by atoms with Crippen LogP contribution in [-0.4, -0.2) is 46.3 Å². The second-order valence-corrected chi connectivity index (χ2v) is 6.29. The van der Waals surface area contributed by atoms with E-state index in [1.807, 2.05) is 36.5 Å². The number of hydrogen-bond acceptors (Lipinski definition) is 7. The first-order valence-corrected chi connectivity index (χ1v) is 8.72. The van der Waals surface area contributed by atoms with Crippen molar-refractivity contribution in [3.05, 3.63) is 60.4 Å². The lowest BCUT2D eigenvalue weighted by atomic mass is 10.2. The minimum atomic E-state index is 0.655. The number of aromatic nitrogens is 4. The molecule has 0 unspecified atom stereocenters. The van der Waals surface area contributed by atoms with Crippen molar-refractivity contribution in [2.24, 2.45) is 0 Å². The Kier molecular flexibility index (Phi) is 4.59. The highest BCUT2D eigenvalue weighted by Gasteiger charge is 2.20. The number of nitrogens with zero attached hydrogens (tertiary/aromatic N) is 6. The third kappa shape index (κ3) is 3.72. The summed E-state index contributed by atoms with van der Waals surface area (Å²) in [7, 11) is 0. The van der Waals surface area contributed by atoms with Crippen LogP contribution in [0.25, 0.3) is 0 Å². The summed E-state index contributed by atoms with van der Waals surface area (Å²) in [6.07, 6.45) is 3.47. The summed E-state index contributed by atoms with van der Waals surface area (Å²) in [5.41, 5.74) is 2.21. The van der Waals surface area contributed by atoms with Crippen molar-refractivity contribution in [1.82, 2.24) is 20.2 Å². The maximum Gasteiger partial charge on any atom is 0.247 e. The molecule has 0 aliphatic carbocycles. The molecule has 4 rings (SSSR count). The fraction of sp³-hybridized carbons (Fsp3) is 0.263. The molecule has 132 valence electrons. The topological polar surface area (TPSA) is 70.1 Å². The van der Waals surface area contributed by atoms with E-state index < -0.39 is 0 Å². The number of pyridine rings is 1. The molecule has 7 nitrogen and oxygen atoms in total. The average Bonchev–Trinajstić information content (AvgIpc) is 2.71. The molecule has 0 spiro atoms. The van der Waals surface area contributed by atoms with Crippen LogP contribution >= 0.6 is 0 Å². The fourth-order valence-corrected chi connectivity index (χ4v) is 2.95. The Morgan fingerprint density at radius 2 is 1.69 bits per heavy atom. The normalized spacial score (nSPS) is 14.3. The van der Waals surface area contributed by atoms with Crippen molar-refractivity contribution in [2.75, 3.05) is 41.3 Å². The number of benzene rings is 1. The van der Waals surface area contributed by atoms with Crippen LogP contribution < -0.4 is 15.1 Å². The lowest BCUT2D eigenvalue weighted by molar-refractivity contribution is 0.630. The molecule has 1 saturated heterocycles. The molecule has 1 fully saturated rings. The van der Waals surface area contributed by atoms with Crippen molar-refractivity contribution in [3.63, 3.8) is 0 Å². The maximum atomic E-state index is 4.62. The smallest absolute Gasteiger partial charge is 0.247 e. The van der Waals surface area contributed by atoms with E-state index in [0.717, 1.165) is 37.7 Å². The van der Waals surface area contributed by atoms with Gasteiger partial charge in [0.1, 0.15) is 5.82 Å². The average molecular weight is 347 g/mol. The minimum absolute atomic E-state index is 0.655. The summed E-state index contributed by atoms with van der Waals surface area (Å²) < 4.78 is 0. The Hall–Kier alpha value is -3.22. The number of piperazine rings is 1. The second kappa shape index (κ2) is 7.35. The molecule has 7 heteroatoms. The zero-order valence-corrected chi connectivity index (χ0v) is 14.7. The van der Waals surface area contributed by atoms with Crippen LogP contribution in [0.4, 0.5) is 23.3 Å². The molecular weight excluding hydrogens is 326 g/mol. The van der Waals surface area contributed by atoms with E-state index in [0.29, 0.717) is 11.8 Å². The highest BCUT2D eigenvalue weighted by Crippen LogP contribution is 2.18. The van der Waals surface area contributed by atoms with Crippen LogP contribution in [0.3, 0.4) is 0 Å². The molecule has 0 saturated carbocycles. The van der Waals surface area contributed by atoms with Gasteiger partial charge in [-0.1, -0.05) is 23.8 Å². The second-order valence-electron chi connectivity index (χ2n) is 6.29. The van der Waals surface area contributed by atoms with Crippen LogP contribution in [0.1, 0.15) is 5.56 Å². The molecule has 1 aliphatic rings. The van der Waals surface area contributed by atoms with Crippen molar-refractivity contribution < 1.29 is 0 Å². The van der Waals surface area contributed by atoms with E-state index in [9.17, 15) is 0 Å². The van der Waals surface area contributed by atoms with Crippen LogP contribution in [-0.2, 0) is 0 Å². The van der Waals surface area contributed by atoms with Gasteiger partial charge in [0, 0.05) is 38.1 Å². The number of aryl methyl sites for hydroxylation is 1. The predicted molar refractivity (Wildman–Crippen MR) is 103 cm³/mol. The Morgan fingerprint density at radius 3 is 2.42 bits per heavy atom. The first-order valence-electron chi connectivity index (χ1n) is 8.72. The molecule has 2 aromatic heterocycles. The molecule has 3 heterocycles. The molecule has 1 aliphatic heterocycles. The van der Waals surface area contributed by atoms with E-state index >= 15 is 0 Å². The van der Waals surface area contributed by atoms with Gasteiger partial charge in [-0.2, -0.15) is 10.1 Å². The Bertz CT molecular complexity index is 843. The largest absolute Gasteiger partial charge is 0.353 e. The minimum Gasteiger partial charge on any atom is -0.353 e. The first-order chi connectivity index (χ1) is 12.8. The van der Waals surface area contributed by atoms with Crippen LogP contribution in [0, 0.1) is 6.92 Å². The van der Waals surface area contributed by atoms with Crippen LogP contribution in [0.15, 0.2) is 54.9 Å². The van der Waals surface area contributed by atoms with Crippen LogP contribution in [0.5, 0.6) is 0 Å². The molecule has 0 bridgehead atoms. The van der Waals surface area contributed by atoms with E-state index in [2.05, 4.69) is 54.3 Å². The molecule has 0 atom stereocenters. The predicted octanol–water partition coefficient (Wildman–Crippen LogP) is 2.65. The van der Waals surface area contributed by atoms with Crippen molar-refractivity contribution in [3.8, 4) is 0 Å². The maximum absolute atomic E-state index is 4.62. The summed E-state index contributed by atoms with van der Waals surface area (Å²) in [5, 5.41) is 11.6. The van der Waals surface area contributed by atoms with Crippen molar-refractivity contribution >= 4 is 23.3 Å². The monoisotopic (exact) mass is 347 g/mol. The summed E-state index contributed by atoms with van der Waals surface area (Å²) >= 11 is 0. The number of nitrogens with one attached hydrogen (secondary N) is 1. The van der Waals surface area contributed by atoms with Crippen molar-refractivity contribution in [1.29, 1.82) is 0 Å². The van der Waals surface area contributed by atoms with Gasteiger partial charge in [-0.25, -0.2) is 4.98 Å². The number of anilines is 4. The van der Waals surface area contributed by atoms with Gasteiger partial charge >= 0.3 is 0 Å². The summed E-state index contributed by atoms with van der Waals surface area (Å²) in [5.74, 6) is 2.37. The SMILES string of the molecule is Cc1ccc(Nc2cnnc(N3CCN(c4ccccn4)CC3)n2)cc1. The van der Waals surface area contributed by atoms with Gasteiger partial charge in [-0.3, -0.25) is 0 Å². The highest BCUT2D eigenvalue weighted by atomic mass is 15.4. The van der Waals surface area contributed by atoms with Gasteiger partial charge in [0.2, 0.25) is 5.95 Å². The van der Waals surface area contributed by atoms with Gasteiger partial charge < -0.3 is 15.1 Å². The zero-order valence-electron chi connectivity index (χ0n) is 14.7. The first kappa shape index (κ1) is 16.3. The highest BCUT2D eigenvalue weighted by molar-refractivity contribution is 5.56. The van der Waals surface area contributed by atoms with E-state index in [1.165, 1.54) is 5.56 Å². The molecule has 1 aromatic carbocycles. The zero-order chi connectivity index (χ0) is 17.8. The van der Waals surface area contributed by atoms with Gasteiger partial charge in [-0.05, 0) is 31.2 Å². The van der Waals surface area contributed by atoms with Gasteiger partial charge in [0.05, 0.1) is 6.20 Å². The van der Waals surface area contributed by atoms with Gasteiger partial charge in [0.15, 0.2) is 5.82 Å². The van der Waals surface area contributed by atoms with Crippen molar-refractivity contribution in [2.45, 2.75) is 6.92 Å². The Morgan fingerprint density at radius 1 is 0.923 bits per heavy atom. The summed E-state index contributed by atoms with van der Waals surface area (Å²) in [4.78, 5) is 13.5. The van der Waals surface area contributed by atoms with E-state index in [4.69, 9.17) is 0 Å². The molecule has 1 N–H and O–H groups in total. The fourth-order valence-electron chi connectivity index (χ4n) is 2.95. The third-order valence-corrected chi connectivity index (χ3v) is 4.41.